The van der Waals surface area contributed by atoms with Crippen molar-refractivity contribution in [2.75, 3.05) is 20.7 Å². The standard InChI is InChI=1S/C45H57N5O9S/c1-41(2,3)36(47-40(54)59-42(4,5)6)38(52)50-25-30(58-35-24-32(27-12-10-9-11-13-27)46-33-22-29(57-8)16-17-31(33)35)23-34(50)37(51)48-45(26-43(45)18-19-43)39(53)49(7)60(55,56)44(20-21-44)28-14-15-28/h9-13,16-17,22,24,28,30,34,36H,14-15,18-21,23,25-26H2,1-8H3,(H,47,54)(H,48,51). The van der Waals surface area contributed by atoms with Crippen molar-refractivity contribution in [3.63, 3.8) is 0 Å². The molecule has 2 N–H and O–H groups in total. The molecule has 15 heteroatoms. The summed E-state index contributed by atoms with van der Waals surface area (Å²) in [5.41, 5.74) is -1.46. The van der Waals surface area contributed by atoms with Gasteiger partial charge in [0.2, 0.25) is 21.8 Å². The van der Waals surface area contributed by atoms with E-state index in [9.17, 15) is 27.6 Å². The quantitative estimate of drug-likeness (QED) is 0.221. The number of amides is 4. The van der Waals surface area contributed by atoms with Gasteiger partial charge in [-0.1, -0.05) is 51.1 Å². The summed E-state index contributed by atoms with van der Waals surface area (Å²) >= 11 is 0. The van der Waals surface area contributed by atoms with Crippen LogP contribution in [0.25, 0.3) is 22.2 Å². The molecule has 2 heterocycles. The molecule has 4 saturated carbocycles. The molecule has 1 spiro atoms. The number of hydrogen-bond donors (Lipinski definition) is 2. The van der Waals surface area contributed by atoms with Crippen LogP contribution < -0.4 is 20.1 Å². The Morgan fingerprint density at radius 1 is 0.950 bits per heavy atom. The molecular weight excluding hydrogens is 787 g/mol. The summed E-state index contributed by atoms with van der Waals surface area (Å²) in [6.45, 7) is 10.6. The monoisotopic (exact) mass is 843 g/mol. The Kier molecular flexibility index (Phi) is 9.99. The van der Waals surface area contributed by atoms with Crippen LogP contribution >= 0.6 is 0 Å². The minimum Gasteiger partial charge on any atom is -0.497 e. The molecule has 8 rings (SSSR count). The normalized spacial score (nSPS) is 24.3. The molecule has 5 aliphatic rings. The number of sulfonamides is 1. The van der Waals surface area contributed by atoms with Crippen LogP contribution in [0.1, 0.15) is 92.9 Å². The molecule has 5 fully saturated rings. The summed E-state index contributed by atoms with van der Waals surface area (Å²) in [5.74, 6) is -0.579. The van der Waals surface area contributed by atoms with Crippen molar-refractivity contribution in [1.82, 2.24) is 24.8 Å². The van der Waals surface area contributed by atoms with Gasteiger partial charge in [-0.3, -0.25) is 14.4 Å². The number of methoxy groups -OCH3 is 1. The summed E-state index contributed by atoms with van der Waals surface area (Å²) in [5, 5.41) is 6.51. The number of likely N-dealkylation sites (N-methyl/N-ethyl adjacent to an activating group) is 1. The fourth-order valence-corrected chi connectivity index (χ4v) is 11.5. The van der Waals surface area contributed by atoms with E-state index < -0.39 is 78.7 Å². The maximum absolute atomic E-state index is 14.9. The molecule has 3 aromatic rings. The van der Waals surface area contributed by atoms with Gasteiger partial charge in [0.1, 0.15) is 40.8 Å². The molecular formula is C45H57N5O9S. The second kappa shape index (κ2) is 14.3. The number of aromatic nitrogens is 1. The van der Waals surface area contributed by atoms with Crippen molar-refractivity contribution < 1.29 is 41.8 Å². The number of hydrogen-bond acceptors (Lipinski definition) is 10. The molecule has 322 valence electrons. The predicted octanol–water partition coefficient (Wildman–Crippen LogP) is 5.97. The number of ether oxygens (including phenoxy) is 3. The van der Waals surface area contributed by atoms with Gasteiger partial charge in [0.05, 0.1) is 29.6 Å². The van der Waals surface area contributed by atoms with E-state index in [0.717, 1.165) is 22.7 Å². The highest BCUT2D eigenvalue weighted by atomic mass is 32.2. The van der Waals surface area contributed by atoms with Gasteiger partial charge in [-0.15, -0.1) is 0 Å². The highest BCUT2D eigenvalue weighted by Gasteiger charge is 2.80. The van der Waals surface area contributed by atoms with Gasteiger partial charge in [-0.05, 0) is 89.2 Å². The van der Waals surface area contributed by atoms with E-state index in [1.807, 2.05) is 75.4 Å². The number of rotatable bonds is 12. The lowest BCUT2D eigenvalue weighted by Crippen LogP contribution is -2.60. The topological polar surface area (TPSA) is 174 Å². The molecule has 1 aliphatic heterocycles. The molecule has 1 saturated heterocycles. The number of carbonyl (C=O) groups excluding carboxylic acids is 4. The average Bonchev–Trinajstić information content (AvgIpc) is 4.00. The molecule has 4 amide bonds. The molecule has 0 bridgehead atoms. The minimum absolute atomic E-state index is 0.0234. The van der Waals surface area contributed by atoms with Crippen molar-refractivity contribution >= 4 is 44.7 Å². The first-order valence-corrected chi connectivity index (χ1v) is 22.4. The second-order valence-corrected chi connectivity index (χ2v) is 22.0. The lowest BCUT2D eigenvalue weighted by Gasteiger charge is -2.36. The minimum atomic E-state index is -3.97. The highest BCUT2D eigenvalue weighted by Crippen LogP contribution is 2.74. The molecule has 14 nitrogen and oxygen atoms in total. The zero-order valence-electron chi connectivity index (χ0n) is 35.8. The van der Waals surface area contributed by atoms with Crippen LogP contribution in [0.3, 0.4) is 0 Å². The number of nitrogens with zero attached hydrogens (tertiary/aromatic N) is 3. The molecule has 2 aromatic carbocycles. The van der Waals surface area contributed by atoms with Gasteiger partial charge in [-0.2, -0.15) is 0 Å². The van der Waals surface area contributed by atoms with Gasteiger partial charge in [0, 0.05) is 42.0 Å². The van der Waals surface area contributed by atoms with Crippen molar-refractivity contribution in [1.29, 1.82) is 0 Å². The number of nitrogens with one attached hydrogen (secondary N) is 2. The first-order valence-electron chi connectivity index (χ1n) is 21.0. The zero-order valence-corrected chi connectivity index (χ0v) is 36.6. The van der Waals surface area contributed by atoms with E-state index in [2.05, 4.69) is 10.6 Å². The lowest BCUT2D eigenvalue weighted by atomic mass is 9.85. The fraction of sp³-hybridized carbons (Fsp3) is 0.578. The van der Waals surface area contributed by atoms with E-state index in [1.54, 1.807) is 27.9 Å². The molecule has 4 aliphatic carbocycles. The average molecular weight is 844 g/mol. The Bertz CT molecular complexity index is 2350. The Hall–Kier alpha value is -4.92. The predicted molar refractivity (Wildman–Crippen MR) is 224 cm³/mol. The zero-order chi connectivity index (χ0) is 43.2. The smallest absolute Gasteiger partial charge is 0.408 e. The van der Waals surface area contributed by atoms with E-state index in [0.29, 0.717) is 60.2 Å². The lowest BCUT2D eigenvalue weighted by molar-refractivity contribution is -0.143. The fourth-order valence-electron chi connectivity index (χ4n) is 9.26. The number of pyridine rings is 1. The van der Waals surface area contributed by atoms with Crippen LogP contribution in [-0.4, -0.2) is 101 Å². The summed E-state index contributed by atoms with van der Waals surface area (Å²) in [6.07, 6.45) is 2.96. The molecule has 0 radical (unpaired) electrons. The van der Waals surface area contributed by atoms with Crippen LogP contribution in [0.2, 0.25) is 0 Å². The Labute approximate surface area is 352 Å². The summed E-state index contributed by atoms with van der Waals surface area (Å²) in [7, 11) is -1.06. The highest BCUT2D eigenvalue weighted by molar-refractivity contribution is 7.91. The van der Waals surface area contributed by atoms with E-state index >= 15 is 0 Å². The van der Waals surface area contributed by atoms with Gasteiger partial charge < -0.3 is 29.7 Å². The second-order valence-electron chi connectivity index (χ2n) is 19.7. The third-order valence-corrected chi connectivity index (χ3v) is 15.8. The summed E-state index contributed by atoms with van der Waals surface area (Å²) in [4.78, 5) is 63.6. The van der Waals surface area contributed by atoms with Crippen LogP contribution in [0.4, 0.5) is 4.79 Å². The van der Waals surface area contributed by atoms with E-state index in [4.69, 9.17) is 19.2 Å². The molecule has 4 unspecified atom stereocenters. The van der Waals surface area contributed by atoms with Crippen LogP contribution in [0.5, 0.6) is 11.5 Å². The molecule has 1 aromatic heterocycles. The SMILES string of the molecule is COc1ccc2c(OC3CC(C(=O)NC4(C(=O)N(C)S(=O)(=O)C5(C6CC6)CC5)CC45CC5)N(C(=O)C(NC(=O)OC(C)(C)C)C(C)(C)C)C3)cc(-c3ccccc3)nc2c1. The van der Waals surface area contributed by atoms with Crippen LogP contribution in [0, 0.1) is 16.7 Å². The van der Waals surface area contributed by atoms with E-state index in [-0.39, 0.29) is 18.9 Å². The molecule has 4 atom stereocenters. The number of likely N-dealkylation sites (tertiary alicyclic amines) is 1. The van der Waals surface area contributed by atoms with Crippen molar-refractivity contribution in [2.45, 2.75) is 127 Å². The number of alkyl carbamates (subject to hydrolysis) is 1. The first kappa shape index (κ1) is 41.8. The van der Waals surface area contributed by atoms with Crippen LogP contribution in [0.15, 0.2) is 54.6 Å². The molecule has 60 heavy (non-hydrogen) atoms. The van der Waals surface area contributed by atoms with Gasteiger partial charge >= 0.3 is 6.09 Å². The summed E-state index contributed by atoms with van der Waals surface area (Å²) < 4.78 is 45.8. The Balaban J connectivity index is 1.12. The largest absolute Gasteiger partial charge is 0.497 e. The van der Waals surface area contributed by atoms with Crippen molar-refractivity contribution in [3.8, 4) is 22.8 Å². The Morgan fingerprint density at radius 3 is 2.20 bits per heavy atom. The maximum atomic E-state index is 14.9. The number of carbonyl (C=O) groups is 4. The van der Waals surface area contributed by atoms with Gasteiger partial charge in [0.15, 0.2) is 0 Å². The van der Waals surface area contributed by atoms with Gasteiger partial charge in [-0.25, -0.2) is 22.5 Å². The van der Waals surface area contributed by atoms with Crippen molar-refractivity contribution in [2.24, 2.45) is 16.7 Å². The Morgan fingerprint density at radius 2 is 1.63 bits per heavy atom. The number of fused-ring (bicyclic) bond motifs is 1. The summed E-state index contributed by atoms with van der Waals surface area (Å²) in [6, 6.07) is 14.7. The maximum Gasteiger partial charge on any atom is 0.408 e. The van der Waals surface area contributed by atoms with E-state index in [1.165, 1.54) is 11.9 Å². The van der Waals surface area contributed by atoms with Gasteiger partial charge in [0.25, 0.3) is 5.91 Å². The first-order chi connectivity index (χ1) is 28.1. The van der Waals surface area contributed by atoms with Crippen LogP contribution in [-0.2, 0) is 29.1 Å². The third-order valence-electron chi connectivity index (χ3n) is 13.1. The van der Waals surface area contributed by atoms with Crippen molar-refractivity contribution in [3.05, 3.63) is 54.6 Å². The number of benzene rings is 2. The third kappa shape index (κ3) is 7.44.